The number of para-hydroxylation sites is 1. The van der Waals surface area contributed by atoms with Crippen molar-refractivity contribution in [3.63, 3.8) is 0 Å². The standard InChI is InChI=1S/C18H14N4O2/c1-13-12-22(15-6-3-2-4-7-15)21-17(13)20-18(23)14(11-19)10-16-8-5-9-24-16/h2-10,12H,1H3,(H,20,21,23)/b14-10-. The van der Waals surface area contributed by atoms with E-state index >= 15 is 0 Å². The summed E-state index contributed by atoms with van der Waals surface area (Å²) in [6.07, 6.45) is 4.68. The van der Waals surface area contributed by atoms with Crippen molar-refractivity contribution in [2.75, 3.05) is 5.32 Å². The number of rotatable bonds is 4. The van der Waals surface area contributed by atoms with Gasteiger partial charge in [-0.15, -0.1) is 5.10 Å². The molecular formula is C18H14N4O2. The largest absolute Gasteiger partial charge is 0.465 e. The second kappa shape index (κ2) is 6.67. The number of amides is 1. The van der Waals surface area contributed by atoms with Crippen LogP contribution in [-0.2, 0) is 4.79 Å². The minimum atomic E-state index is -0.532. The van der Waals surface area contributed by atoms with Crippen molar-refractivity contribution in [3.05, 3.63) is 71.8 Å². The van der Waals surface area contributed by atoms with Crippen LogP contribution < -0.4 is 5.32 Å². The van der Waals surface area contributed by atoms with Gasteiger partial charge in [-0.2, -0.15) is 5.26 Å². The molecule has 1 N–H and O–H groups in total. The fourth-order valence-electron chi connectivity index (χ4n) is 2.14. The smallest absolute Gasteiger partial charge is 0.267 e. The van der Waals surface area contributed by atoms with Crippen molar-refractivity contribution in [1.82, 2.24) is 9.78 Å². The van der Waals surface area contributed by atoms with Gasteiger partial charge in [-0.05, 0) is 31.2 Å². The van der Waals surface area contributed by atoms with Crippen LogP contribution in [0.5, 0.6) is 0 Å². The van der Waals surface area contributed by atoms with E-state index in [1.165, 1.54) is 12.3 Å². The lowest BCUT2D eigenvalue weighted by Gasteiger charge is -2.02. The van der Waals surface area contributed by atoms with Gasteiger partial charge in [-0.3, -0.25) is 4.79 Å². The molecule has 0 atom stereocenters. The fraction of sp³-hybridized carbons (Fsp3) is 0.0556. The summed E-state index contributed by atoms with van der Waals surface area (Å²) in [4.78, 5) is 12.3. The molecular weight excluding hydrogens is 304 g/mol. The number of carbonyl (C=O) groups excluding carboxylic acids is 1. The molecule has 3 rings (SSSR count). The summed E-state index contributed by atoms with van der Waals surface area (Å²) < 4.78 is 6.80. The van der Waals surface area contributed by atoms with Crippen LogP contribution in [0.3, 0.4) is 0 Å². The second-order valence-corrected chi connectivity index (χ2v) is 5.08. The number of aromatic nitrogens is 2. The third-order valence-electron chi connectivity index (χ3n) is 3.34. The Hall–Kier alpha value is -3.59. The quantitative estimate of drug-likeness (QED) is 0.591. The van der Waals surface area contributed by atoms with E-state index in [0.717, 1.165) is 11.3 Å². The first-order chi connectivity index (χ1) is 11.7. The van der Waals surface area contributed by atoms with Gasteiger partial charge in [0.2, 0.25) is 0 Å². The molecule has 0 aliphatic rings. The van der Waals surface area contributed by atoms with Crippen LogP contribution in [0.1, 0.15) is 11.3 Å². The molecule has 0 spiro atoms. The van der Waals surface area contributed by atoms with Crippen LogP contribution in [-0.4, -0.2) is 15.7 Å². The Balaban J connectivity index is 1.82. The number of hydrogen-bond acceptors (Lipinski definition) is 4. The average molecular weight is 318 g/mol. The lowest BCUT2D eigenvalue weighted by molar-refractivity contribution is -0.112. The highest BCUT2D eigenvalue weighted by atomic mass is 16.3. The number of nitrogens with one attached hydrogen (secondary N) is 1. The monoisotopic (exact) mass is 318 g/mol. The molecule has 0 bridgehead atoms. The highest BCUT2D eigenvalue weighted by Gasteiger charge is 2.14. The van der Waals surface area contributed by atoms with Gasteiger partial charge in [0.1, 0.15) is 17.4 Å². The van der Waals surface area contributed by atoms with Crippen molar-refractivity contribution in [2.24, 2.45) is 0 Å². The first-order valence-corrected chi connectivity index (χ1v) is 7.26. The number of benzene rings is 1. The molecule has 0 aliphatic heterocycles. The summed E-state index contributed by atoms with van der Waals surface area (Å²) in [5.74, 6) is 0.313. The molecule has 6 heteroatoms. The molecule has 0 radical (unpaired) electrons. The third-order valence-corrected chi connectivity index (χ3v) is 3.34. The molecule has 0 saturated heterocycles. The topological polar surface area (TPSA) is 83.9 Å². The molecule has 0 unspecified atom stereocenters. The van der Waals surface area contributed by atoms with Crippen molar-refractivity contribution in [3.8, 4) is 11.8 Å². The molecule has 0 fully saturated rings. The van der Waals surface area contributed by atoms with Gasteiger partial charge in [0, 0.05) is 17.8 Å². The lowest BCUT2D eigenvalue weighted by atomic mass is 10.2. The van der Waals surface area contributed by atoms with Gasteiger partial charge in [-0.1, -0.05) is 18.2 Å². The number of nitrogens with zero attached hydrogens (tertiary/aromatic N) is 3. The molecule has 3 aromatic rings. The minimum Gasteiger partial charge on any atom is -0.465 e. The molecule has 1 aromatic carbocycles. The maximum atomic E-state index is 12.3. The van der Waals surface area contributed by atoms with Gasteiger partial charge in [-0.25, -0.2) is 4.68 Å². The summed E-state index contributed by atoms with van der Waals surface area (Å²) in [5, 5.41) is 16.2. The van der Waals surface area contributed by atoms with E-state index in [-0.39, 0.29) is 5.57 Å². The second-order valence-electron chi connectivity index (χ2n) is 5.08. The van der Waals surface area contributed by atoms with Crippen molar-refractivity contribution in [1.29, 1.82) is 5.26 Å². The SMILES string of the molecule is Cc1cn(-c2ccccc2)nc1NC(=O)/C(C#N)=C\c1ccco1. The van der Waals surface area contributed by atoms with Crippen LogP contribution in [0, 0.1) is 18.3 Å². The minimum absolute atomic E-state index is 0.0568. The van der Waals surface area contributed by atoms with E-state index in [2.05, 4.69) is 10.4 Å². The molecule has 0 saturated carbocycles. The maximum Gasteiger partial charge on any atom is 0.267 e. The number of nitriles is 1. The lowest BCUT2D eigenvalue weighted by Crippen LogP contribution is -2.14. The maximum absolute atomic E-state index is 12.3. The van der Waals surface area contributed by atoms with E-state index in [0.29, 0.717) is 11.6 Å². The summed E-state index contributed by atoms with van der Waals surface area (Å²) in [6.45, 7) is 1.84. The van der Waals surface area contributed by atoms with Gasteiger partial charge in [0.25, 0.3) is 5.91 Å². The zero-order valence-electron chi connectivity index (χ0n) is 12.9. The normalized spacial score (nSPS) is 11.1. The zero-order valence-corrected chi connectivity index (χ0v) is 12.9. The van der Waals surface area contributed by atoms with E-state index in [9.17, 15) is 10.1 Å². The summed E-state index contributed by atoms with van der Waals surface area (Å²) >= 11 is 0. The first kappa shape index (κ1) is 15.3. The highest BCUT2D eigenvalue weighted by Crippen LogP contribution is 2.17. The van der Waals surface area contributed by atoms with Gasteiger partial charge in [0.05, 0.1) is 12.0 Å². The number of carbonyl (C=O) groups is 1. The average Bonchev–Trinajstić information content (AvgIpc) is 3.23. The number of furan rings is 1. The summed E-state index contributed by atoms with van der Waals surface area (Å²) in [7, 11) is 0. The van der Waals surface area contributed by atoms with Gasteiger partial charge < -0.3 is 9.73 Å². The Kier molecular flexibility index (Phi) is 4.25. The van der Waals surface area contributed by atoms with Gasteiger partial charge in [0.15, 0.2) is 5.82 Å². The number of anilines is 1. The molecule has 118 valence electrons. The summed E-state index contributed by atoms with van der Waals surface area (Å²) in [6, 6.07) is 14.8. The van der Waals surface area contributed by atoms with E-state index in [1.54, 1.807) is 16.8 Å². The van der Waals surface area contributed by atoms with E-state index in [4.69, 9.17) is 4.42 Å². The van der Waals surface area contributed by atoms with Crippen LogP contribution in [0.2, 0.25) is 0 Å². The highest BCUT2D eigenvalue weighted by molar-refractivity contribution is 6.09. The van der Waals surface area contributed by atoms with E-state index in [1.807, 2.05) is 49.5 Å². The van der Waals surface area contributed by atoms with Crippen LogP contribution in [0.25, 0.3) is 11.8 Å². The molecule has 2 heterocycles. The molecule has 24 heavy (non-hydrogen) atoms. The molecule has 2 aromatic heterocycles. The van der Waals surface area contributed by atoms with Crippen LogP contribution in [0.15, 0.2) is 64.9 Å². The number of aryl methyl sites for hydroxylation is 1. The Morgan fingerprint density at radius 2 is 2.08 bits per heavy atom. The molecule has 0 aliphatic carbocycles. The molecule has 6 nitrogen and oxygen atoms in total. The fourth-order valence-corrected chi connectivity index (χ4v) is 2.14. The van der Waals surface area contributed by atoms with Crippen molar-refractivity contribution >= 4 is 17.8 Å². The predicted molar refractivity (Wildman–Crippen MR) is 89.2 cm³/mol. The van der Waals surface area contributed by atoms with Crippen LogP contribution in [0.4, 0.5) is 5.82 Å². The van der Waals surface area contributed by atoms with Crippen molar-refractivity contribution < 1.29 is 9.21 Å². The Morgan fingerprint density at radius 1 is 1.29 bits per heavy atom. The first-order valence-electron chi connectivity index (χ1n) is 7.26. The molecule has 1 amide bonds. The summed E-state index contributed by atoms with van der Waals surface area (Å²) in [5.41, 5.74) is 1.62. The Labute approximate surface area is 138 Å². The van der Waals surface area contributed by atoms with E-state index < -0.39 is 5.91 Å². The Bertz CT molecular complexity index is 916. The van der Waals surface area contributed by atoms with Crippen LogP contribution >= 0.6 is 0 Å². The Morgan fingerprint density at radius 3 is 2.75 bits per heavy atom. The third kappa shape index (κ3) is 3.25. The van der Waals surface area contributed by atoms with Crippen molar-refractivity contribution in [2.45, 2.75) is 6.92 Å². The number of hydrogen-bond donors (Lipinski definition) is 1. The zero-order chi connectivity index (χ0) is 16.9. The predicted octanol–water partition coefficient (Wildman–Crippen LogP) is 3.32. The van der Waals surface area contributed by atoms with Gasteiger partial charge >= 0.3 is 0 Å².